The molecule has 0 aromatic heterocycles. The highest BCUT2D eigenvalue weighted by Gasteiger charge is 2.26. The molecule has 0 aliphatic heterocycles. The first-order valence-corrected chi connectivity index (χ1v) is 16.2. The van der Waals surface area contributed by atoms with Crippen molar-refractivity contribution in [2.45, 2.75) is 45.3 Å². The van der Waals surface area contributed by atoms with E-state index in [4.69, 9.17) is 9.47 Å². The van der Waals surface area contributed by atoms with Gasteiger partial charge in [0.05, 0.1) is 19.2 Å². The summed E-state index contributed by atoms with van der Waals surface area (Å²) in [6.07, 6.45) is 3.17. The van der Waals surface area contributed by atoms with Crippen LogP contribution in [0.4, 0.5) is 0 Å². The van der Waals surface area contributed by atoms with Crippen molar-refractivity contribution < 1.29 is 28.7 Å². The maximum Gasteiger partial charge on any atom is 0.338 e. The number of hydrogen-bond acceptors (Lipinski definition) is 8. The van der Waals surface area contributed by atoms with Crippen LogP contribution < -0.4 is 10.6 Å². The largest absolute Gasteiger partial charge is 0.467 e. The van der Waals surface area contributed by atoms with Gasteiger partial charge in [-0.3, -0.25) is 14.5 Å². The Balaban J connectivity index is 1.78. The average Bonchev–Trinajstić information content (AvgIpc) is 3.04. The number of ether oxygens (including phenoxy) is 2. The summed E-state index contributed by atoms with van der Waals surface area (Å²) >= 11 is 1.58. The predicted molar refractivity (Wildman–Crippen MR) is 174 cm³/mol. The topological polar surface area (TPSA) is 114 Å². The third kappa shape index (κ3) is 10.7. The van der Waals surface area contributed by atoms with Crippen molar-refractivity contribution in [1.82, 2.24) is 15.5 Å². The number of nitrogens with zero attached hydrogens (tertiary/aromatic N) is 1. The Hall–Kier alpha value is -3.89. The molecule has 0 radical (unpaired) electrons. The molecule has 3 atom stereocenters. The number of hydrogen-bond donors (Lipinski definition) is 2. The fourth-order valence-electron chi connectivity index (χ4n) is 4.89. The van der Waals surface area contributed by atoms with Crippen LogP contribution in [0.2, 0.25) is 0 Å². The van der Waals surface area contributed by atoms with E-state index < -0.39 is 30.5 Å². The van der Waals surface area contributed by atoms with Gasteiger partial charge < -0.3 is 20.1 Å². The summed E-state index contributed by atoms with van der Waals surface area (Å²) in [5, 5.41) is 8.04. The summed E-state index contributed by atoms with van der Waals surface area (Å²) in [6, 6.07) is 21.5. The van der Waals surface area contributed by atoms with Crippen LogP contribution in [0.15, 0.2) is 72.8 Å². The minimum absolute atomic E-state index is 0.00177. The summed E-state index contributed by atoms with van der Waals surface area (Å²) in [5.74, 6) is -1.04. The van der Waals surface area contributed by atoms with Gasteiger partial charge in [-0.1, -0.05) is 80.9 Å². The molecule has 10 heteroatoms. The quantitative estimate of drug-likeness (QED) is 0.213. The van der Waals surface area contributed by atoms with E-state index >= 15 is 0 Å². The van der Waals surface area contributed by atoms with Crippen LogP contribution in [0.25, 0.3) is 10.8 Å². The van der Waals surface area contributed by atoms with Gasteiger partial charge in [-0.25, -0.2) is 9.59 Å². The smallest absolute Gasteiger partial charge is 0.338 e. The van der Waals surface area contributed by atoms with E-state index in [1.807, 2.05) is 67.5 Å². The summed E-state index contributed by atoms with van der Waals surface area (Å²) in [4.78, 5) is 53.0. The van der Waals surface area contributed by atoms with E-state index in [0.29, 0.717) is 30.8 Å². The van der Waals surface area contributed by atoms with Crippen molar-refractivity contribution in [2.24, 2.45) is 5.92 Å². The number of carbonyl (C=O) groups excluding carboxylic acids is 4. The Bertz CT molecular complexity index is 1380. The molecule has 0 bridgehead atoms. The van der Waals surface area contributed by atoms with Crippen molar-refractivity contribution >= 4 is 46.3 Å². The van der Waals surface area contributed by atoms with Crippen LogP contribution >= 0.6 is 11.8 Å². The number of nitrogens with one attached hydrogen (secondary N) is 2. The Morgan fingerprint density at radius 2 is 1.61 bits per heavy atom. The molecule has 3 aromatic rings. The number of amides is 2. The first kappa shape index (κ1) is 34.6. The minimum atomic E-state index is -0.747. The van der Waals surface area contributed by atoms with Crippen LogP contribution in [0, 0.1) is 5.92 Å². The lowest BCUT2D eigenvalue weighted by molar-refractivity contribution is -0.145. The molecule has 9 nitrogen and oxygen atoms in total. The first-order valence-electron chi connectivity index (χ1n) is 14.8. The molecule has 236 valence electrons. The molecule has 0 spiro atoms. The number of rotatable bonds is 17. The van der Waals surface area contributed by atoms with Crippen LogP contribution in [0.3, 0.4) is 0 Å². The van der Waals surface area contributed by atoms with Crippen LogP contribution in [-0.2, 0) is 30.4 Å². The van der Waals surface area contributed by atoms with Gasteiger partial charge in [0, 0.05) is 19.1 Å². The van der Waals surface area contributed by atoms with Crippen LogP contribution in [0.5, 0.6) is 0 Å². The van der Waals surface area contributed by atoms with Gasteiger partial charge in [0.1, 0.15) is 6.04 Å². The van der Waals surface area contributed by atoms with E-state index in [9.17, 15) is 19.2 Å². The van der Waals surface area contributed by atoms with E-state index in [-0.39, 0.29) is 24.4 Å². The number of carbonyl (C=O) groups is 4. The first-order chi connectivity index (χ1) is 21.2. The third-order valence-corrected chi connectivity index (χ3v) is 8.19. The lowest BCUT2D eigenvalue weighted by atomic mass is 9.97. The average molecular weight is 622 g/mol. The highest BCUT2D eigenvalue weighted by Crippen LogP contribution is 2.21. The fraction of sp³-hybridized carbons (Fsp3) is 0.412. The van der Waals surface area contributed by atoms with E-state index in [1.54, 1.807) is 42.1 Å². The molecule has 3 aromatic carbocycles. The number of esters is 2. The van der Waals surface area contributed by atoms with Crippen molar-refractivity contribution in [3.05, 3.63) is 83.9 Å². The number of fused-ring (bicyclic) bond motifs is 1. The van der Waals surface area contributed by atoms with Gasteiger partial charge in [0.15, 0.2) is 6.61 Å². The normalized spacial score (nSPS) is 13.1. The Morgan fingerprint density at radius 1 is 0.909 bits per heavy atom. The van der Waals surface area contributed by atoms with Crippen LogP contribution in [-0.4, -0.2) is 79.6 Å². The van der Waals surface area contributed by atoms with Gasteiger partial charge in [0.2, 0.25) is 5.91 Å². The molecular weight excluding hydrogens is 578 g/mol. The number of benzene rings is 3. The zero-order chi connectivity index (χ0) is 31.9. The SMILES string of the molecule is CC[C@H](C)[C@@H](CN(CC(=O)N[C@@H](CCSC)C(=O)OC)Cc1cccc2ccccc12)NC(=O)COC(=O)c1ccccc1. The van der Waals surface area contributed by atoms with Gasteiger partial charge in [-0.15, -0.1) is 0 Å². The molecule has 2 N–H and O–H groups in total. The van der Waals surface area contributed by atoms with Gasteiger partial charge in [0.25, 0.3) is 5.91 Å². The molecule has 0 fully saturated rings. The summed E-state index contributed by atoms with van der Waals surface area (Å²) < 4.78 is 10.2. The lowest BCUT2D eigenvalue weighted by Gasteiger charge is -2.31. The van der Waals surface area contributed by atoms with E-state index in [1.165, 1.54) is 7.11 Å². The molecule has 0 aliphatic rings. The zero-order valence-electron chi connectivity index (χ0n) is 25.9. The van der Waals surface area contributed by atoms with Crippen molar-refractivity contribution in [2.75, 3.05) is 38.8 Å². The number of methoxy groups -OCH3 is 1. The summed E-state index contributed by atoms with van der Waals surface area (Å²) in [7, 11) is 1.31. The monoisotopic (exact) mass is 621 g/mol. The van der Waals surface area contributed by atoms with E-state index in [2.05, 4.69) is 10.6 Å². The molecule has 0 saturated heterocycles. The molecule has 2 amide bonds. The van der Waals surface area contributed by atoms with E-state index in [0.717, 1.165) is 22.8 Å². The Labute approximate surface area is 264 Å². The molecular formula is C34H43N3O6S. The molecule has 3 rings (SSSR count). The van der Waals surface area contributed by atoms with Gasteiger partial charge in [-0.2, -0.15) is 11.8 Å². The van der Waals surface area contributed by atoms with Crippen LogP contribution in [0.1, 0.15) is 42.6 Å². The molecule has 0 unspecified atom stereocenters. The minimum Gasteiger partial charge on any atom is -0.467 e. The third-order valence-electron chi connectivity index (χ3n) is 7.55. The second-order valence-electron chi connectivity index (χ2n) is 10.7. The highest BCUT2D eigenvalue weighted by atomic mass is 32.2. The van der Waals surface area contributed by atoms with Crippen molar-refractivity contribution in [3.8, 4) is 0 Å². The van der Waals surface area contributed by atoms with Crippen molar-refractivity contribution in [1.29, 1.82) is 0 Å². The summed E-state index contributed by atoms with van der Waals surface area (Å²) in [5.41, 5.74) is 1.41. The standard InChI is InChI=1S/C34H43N3O6S/c1-5-24(2)30(36-32(39)23-43-33(40)26-13-7-6-8-14-26)21-37(20-27-16-11-15-25-12-9-10-17-28(25)27)22-31(38)35-29(18-19-44-4)34(41)42-3/h6-17,24,29-30H,5,18-23H2,1-4H3,(H,35,38)(H,36,39)/t24-,29-,30+/m0/s1. The Kier molecular flexibility index (Phi) is 14.2. The maximum atomic E-state index is 13.3. The van der Waals surface area contributed by atoms with Gasteiger partial charge in [-0.05, 0) is 52.8 Å². The lowest BCUT2D eigenvalue weighted by Crippen LogP contribution is -2.51. The molecule has 0 heterocycles. The second kappa shape index (κ2) is 18.0. The summed E-state index contributed by atoms with van der Waals surface area (Å²) in [6.45, 7) is 4.45. The maximum absolute atomic E-state index is 13.3. The predicted octanol–water partition coefficient (Wildman–Crippen LogP) is 4.44. The zero-order valence-corrected chi connectivity index (χ0v) is 26.7. The van der Waals surface area contributed by atoms with Crippen molar-refractivity contribution in [3.63, 3.8) is 0 Å². The molecule has 44 heavy (non-hydrogen) atoms. The van der Waals surface area contributed by atoms with Gasteiger partial charge >= 0.3 is 11.9 Å². The Morgan fingerprint density at radius 3 is 2.32 bits per heavy atom. The number of thioether (sulfide) groups is 1. The second-order valence-corrected chi connectivity index (χ2v) is 11.7. The fourth-order valence-corrected chi connectivity index (χ4v) is 5.37. The highest BCUT2D eigenvalue weighted by molar-refractivity contribution is 7.98. The molecule has 0 aliphatic carbocycles. The molecule has 0 saturated carbocycles.